The Labute approximate surface area is 474 Å². The average molecular weight is 1040 g/mol. The molecule has 0 amide bonds. The third kappa shape index (κ3) is 9.86. The molecule has 6 aliphatic carbocycles. The highest BCUT2D eigenvalue weighted by Gasteiger charge is 2.43. The quantitative estimate of drug-likeness (QED) is 0.142. The van der Waals surface area contributed by atoms with Crippen molar-refractivity contribution in [2.75, 3.05) is 9.80 Å². The lowest BCUT2D eigenvalue weighted by Crippen LogP contribution is -2.18. The lowest BCUT2D eigenvalue weighted by atomic mass is 9.79. The van der Waals surface area contributed by atoms with Crippen LogP contribution in [0.25, 0.3) is 33.0 Å². The van der Waals surface area contributed by atoms with Crippen LogP contribution in [0.15, 0.2) is 164 Å². The van der Waals surface area contributed by atoms with E-state index in [9.17, 15) is 0 Å². The molecular formula is C77H86N2. The van der Waals surface area contributed by atoms with E-state index in [2.05, 4.69) is 208 Å². The van der Waals surface area contributed by atoms with Crippen LogP contribution < -0.4 is 9.80 Å². The summed E-state index contributed by atoms with van der Waals surface area (Å²) in [6.45, 7) is 12.2. The Morgan fingerprint density at radius 1 is 0.316 bits per heavy atom. The van der Waals surface area contributed by atoms with Crippen LogP contribution in [0.2, 0.25) is 0 Å². The predicted octanol–water partition coefficient (Wildman–Crippen LogP) is 23.1. The first-order valence-corrected chi connectivity index (χ1v) is 31.5. The second-order valence-electron chi connectivity index (χ2n) is 26.3. The van der Waals surface area contributed by atoms with Gasteiger partial charge in [-0.25, -0.2) is 0 Å². The minimum atomic E-state index is -0.219. The lowest BCUT2D eigenvalue weighted by Gasteiger charge is -2.30. The van der Waals surface area contributed by atoms with Gasteiger partial charge in [-0.05, 0) is 208 Å². The molecule has 8 aromatic carbocycles. The van der Waals surface area contributed by atoms with Crippen LogP contribution in [-0.4, -0.2) is 0 Å². The first-order valence-electron chi connectivity index (χ1n) is 31.5. The molecule has 2 nitrogen and oxygen atoms in total. The summed E-state index contributed by atoms with van der Waals surface area (Å²) >= 11 is 0. The molecule has 4 fully saturated rings. The van der Waals surface area contributed by atoms with Gasteiger partial charge in [0.2, 0.25) is 0 Å². The van der Waals surface area contributed by atoms with Crippen LogP contribution in [0.5, 0.6) is 0 Å². The van der Waals surface area contributed by atoms with Gasteiger partial charge < -0.3 is 9.80 Å². The van der Waals surface area contributed by atoms with Gasteiger partial charge in [0.1, 0.15) is 0 Å². The van der Waals surface area contributed by atoms with Crippen LogP contribution in [-0.2, 0) is 10.8 Å². The summed E-state index contributed by atoms with van der Waals surface area (Å²) in [5.41, 5.74) is 22.6. The molecule has 0 radical (unpaired) electrons. The van der Waals surface area contributed by atoms with E-state index in [-0.39, 0.29) is 10.8 Å². The number of anilines is 6. The molecule has 0 spiro atoms. The topological polar surface area (TPSA) is 6.48 Å². The Hall–Kier alpha value is -6.38. The van der Waals surface area contributed by atoms with Crippen molar-refractivity contribution in [1.82, 2.24) is 0 Å². The van der Waals surface area contributed by atoms with Gasteiger partial charge >= 0.3 is 0 Å². The van der Waals surface area contributed by atoms with Crippen molar-refractivity contribution in [2.24, 2.45) is 5.92 Å². The third-order valence-electron chi connectivity index (χ3n) is 20.5. The van der Waals surface area contributed by atoms with Gasteiger partial charge in [0.25, 0.3) is 0 Å². The van der Waals surface area contributed by atoms with E-state index in [1.165, 1.54) is 235 Å². The molecule has 0 atom stereocenters. The van der Waals surface area contributed by atoms with Gasteiger partial charge in [-0.3, -0.25) is 0 Å². The number of hydrogen-bond donors (Lipinski definition) is 0. The Bertz CT molecular complexity index is 3350. The first kappa shape index (κ1) is 52.0. The van der Waals surface area contributed by atoms with Gasteiger partial charge in [0.05, 0.1) is 5.69 Å². The fourth-order valence-corrected chi connectivity index (χ4v) is 15.9. The average Bonchev–Trinajstić information content (AvgIpc) is 3.51. The monoisotopic (exact) mass is 1040 g/mol. The Balaban J connectivity index is 0.000000786. The molecule has 0 saturated heterocycles. The van der Waals surface area contributed by atoms with Gasteiger partial charge in [-0.2, -0.15) is 0 Å². The number of rotatable bonds is 9. The summed E-state index contributed by atoms with van der Waals surface area (Å²) < 4.78 is 0. The molecule has 0 bridgehead atoms. The largest absolute Gasteiger partial charge is 0.310 e. The molecule has 8 aromatic rings. The standard InChI is InChI=1S/C70H72N2.C7H14/c1-69(2)63-43-57(71(54-35-29-50(30-36-54)47-19-9-5-10-20-47)55-37-31-51(32-38-55)48-21-11-6-12-22-48)41-42-58(63)61-44-65-62(45-64(61)69)68-60-28-18-17-27-59(60)67(46-66(68)70(65,3)4)72(53-25-15-8-16-26-53)56-39-33-52(34-40-56)49-23-13-7-14-24-49;1-7-5-3-2-4-6-7/h8,15-18,25-49H,5-7,9-14,19-24H2,1-4H3;7H,2-6H2,1H3. The van der Waals surface area contributed by atoms with Gasteiger partial charge in [0.15, 0.2) is 0 Å². The van der Waals surface area contributed by atoms with E-state index in [4.69, 9.17) is 0 Å². The molecule has 0 unspecified atom stereocenters. The maximum absolute atomic E-state index is 2.61. The molecular weight excluding hydrogens is 953 g/mol. The molecule has 79 heavy (non-hydrogen) atoms. The van der Waals surface area contributed by atoms with Crippen LogP contribution in [0.3, 0.4) is 0 Å². The summed E-state index contributed by atoms with van der Waals surface area (Å²) in [5, 5.41) is 2.61. The molecule has 404 valence electrons. The van der Waals surface area contributed by atoms with E-state index in [0.29, 0.717) is 17.8 Å². The Morgan fingerprint density at radius 3 is 1.20 bits per heavy atom. The zero-order valence-corrected chi connectivity index (χ0v) is 48.4. The number of para-hydroxylation sites is 1. The predicted molar refractivity (Wildman–Crippen MR) is 338 cm³/mol. The van der Waals surface area contributed by atoms with E-state index in [1.807, 2.05) is 0 Å². The molecule has 0 aliphatic heterocycles. The van der Waals surface area contributed by atoms with Gasteiger partial charge in [0, 0.05) is 44.7 Å². The summed E-state index contributed by atoms with van der Waals surface area (Å²) in [5.74, 6) is 3.09. The summed E-state index contributed by atoms with van der Waals surface area (Å²) in [6.07, 6.45) is 27.6. The zero-order chi connectivity index (χ0) is 53.7. The highest BCUT2D eigenvalue weighted by atomic mass is 15.1. The van der Waals surface area contributed by atoms with Crippen molar-refractivity contribution < 1.29 is 0 Å². The summed E-state index contributed by atoms with van der Waals surface area (Å²) in [4.78, 5) is 5.05. The van der Waals surface area contributed by atoms with Crippen LogP contribution >= 0.6 is 0 Å². The minimum absolute atomic E-state index is 0.201. The zero-order valence-electron chi connectivity index (χ0n) is 48.4. The van der Waals surface area contributed by atoms with E-state index in [0.717, 1.165) is 5.92 Å². The van der Waals surface area contributed by atoms with Crippen molar-refractivity contribution in [2.45, 2.75) is 192 Å². The number of benzene rings is 8. The van der Waals surface area contributed by atoms with E-state index >= 15 is 0 Å². The van der Waals surface area contributed by atoms with Crippen molar-refractivity contribution in [3.8, 4) is 22.3 Å². The van der Waals surface area contributed by atoms with Crippen molar-refractivity contribution in [3.05, 3.63) is 203 Å². The van der Waals surface area contributed by atoms with Gasteiger partial charge in [-0.1, -0.05) is 209 Å². The van der Waals surface area contributed by atoms with Crippen molar-refractivity contribution in [3.63, 3.8) is 0 Å². The second-order valence-corrected chi connectivity index (χ2v) is 26.3. The first-order chi connectivity index (χ1) is 38.6. The minimum Gasteiger partial charge on any atom is -0.310 e. The van der Waals surface area contributed by atoms with E-state index < -0.39 is 0 Å². The number of fused-ring (bicyclic) bond motifs is 8. The SMILES string of the molecule is CC1(C)c2cc(N(c3ccc(C4CCCCC4)cc3)c3ccc(C4CCCCC4)cc3)ccc2-c2cc3c(cc21)-c1c(cc(N(c2ccccc2)c2ccc(C4CCCCC4)cc2)c2ccccc12)C3(C)C.CC1CCCCC1. The van der Waals surface area contributed by atoms with Crippen molar-refractivity contribution >= 4 is 44.9 Å². The highest BCUT2D eigenvalue weighted by molar-refractivity contribution is 6.10. The van der Waals surface area contributed by atoms with Gasteiger partial charge in [-0.15, -0.1) is 0 Å². The maximum atomic E-state index is 2.61. The fourth-order valence-electron chi connectivity index (χ4n) is 15.9. The molecule has 0 N–H and O–H groups in total. The fraction of sp³-hybridized carbons (Fsp3) is 0.403. The highest BCUT2D eigenvalue weighted by Crippen LogP contribution is 2.59. The molecule has 4 saturated carbocycles. The summed E-state index contributed by atoms with van der Waals surface area (Å²) in [6, 6.07) is 64.3. The van der Waals surface area contributed by atoms with Crippen molar-refractivity contribution in [1.29, 1.82) is 0 Å². The normalized spacial score (nSPS) is 18.9. The van der Waals surface area contributed by atoms with Crippen LogP contribution in [0, 0.1) is 5.92 Å². The molecule has 0 aromatic heterocycles. The lowest BCUT2D eigenvalue weighted by molar-refractivity contribution is 0.385. The smallest absolute Gasteiger partial charge is 0.0543 e. The molecule has 14 rings (SSSR count). The molecule has 2 heteroatoms. The Morgan fingerprint density at radius 2 is 0.709 bits per heavy atom. The van der Waals surface area contributed by atoms with Crippen LogP contribution in [0.4, 0.5) is 34.1 Å². The second kappa shape index (κ2) is 21.9. The van der Waals surface area contributed by atoms with E-state index in [1.54, 1.807) is 0 Å². The molecule has 0 heterocycles. The third-order valence-corrected chi connectivity index (χ3v) is 20.5. The maximum Gasteiger partial charge on any atom is 0.0543 e. The molecule has 6 aliphatic rings. The summed E-state index contributed by atoms with van der Waals surface area (Å²) in [7, 11) is 0. The number of nitrogens with zero attached hydrogens (tertiary/aromatic N) is 2. The Kier molecular flexibility index (Phi) is 14.4. The number of hydrogen-bond acceptors (Lipinski definition) is 2. The van der Waals surface area contributed by atoms with Crippen LogP contribution in [0.1, 0.15) is 220 Å².